The van der Waals surface area contributed by atoms with E-state index in [-0.39, 0.29) is 11.3 Å². The molecule has 0 heterocycles. The Morgan fingerprint density at radius 1 is 1.13 bits per heavy atom. The zero-order chi connectivity index (χ0) is 16.8. The van der Waals surface area contributed by atoms with Gasteiger partial charge in [-0.05, 0) is 31.2 Å². The molecule has 0 aliphatic heterocycles. The molecule has 7 heteroatoms. The van der Waals surface area contributed by atoms with Gasteiger partial charge in [0, 0.05) is 5.56 Å². The molecule has 0 radical (unpaired) electrons. The number of para-hydroxylation sites is 1. The highest BCUT2D eigenvalue weighted by Gasteiger charge is 2.12. The van der Waals surface area contributed by atoms with Gasteiger partial charge in [-0.25, -0.2) is 5.43 Å². The van der Waals surface area contributed by atoms with Crippen LogP contribution in [-0.2, 0) is 0 Å². The van der Waals surface area contributed by atoms with E-state index in [0.717, 1.165) is 0 Å². The van der Waals surface area contributed by atoms with Crippen molar-refractivity contribution in [2.45, 2.75) is 13.5 Å². The van der Waals surface area contributed by atoms with Gasteiger partial charge in [0.15, 0.2) is 0 Å². The molecule has 2 rings (SSSR count). The third-order valence-corrected chi connectivity index (χ3v) is 3.27. The molecule has 4 nitrogen and oxygen atoms in total. The average molecular weight is 339 g/mol. The van der Waals surface area contributed by atoms with Crippen molar-refractivity contribution in [1.29, 1.82) is 0 Å². The lowest BCUT2D eigenvalue weighted by Gasteiger charge is -2.10. The Hall–Kier alpha value is -2.47. The van der Waals surface area contributed by atoms with Gasteiger partial charge in [-0.3, -0.25) is 4.79 Å². The molecule has 0 atom stereocenters. The number of rotatable bonds is 5. The van der Waals surface area contributed by atoms with Crippen molar-refractivity contribution < 1.29 is 18.3 Å². The Balaban J connectivity index is 2.18. The number of hydrazone groups is 1. The second-order valence-electron chi connectivity index (χ2n) is 4.49. The van der Waals surface area contributed by atoms with Crippen LogP contribution < -0.4 is 10.2 Å². The predicted molar refractivity (Wildman–Crippen MR) is 84.2 cm³/mol. The predicted octanol–water partition coefficient (Wildman–Crippen LogP) is 4.10. The Kier molecular flexibility index (Phi) is 5.65. The average Bonchev–Trinajstić information content (AvgIpc) is 2.52. The number of amides is 1. The van der Waals surface area contributed by atoms with Crippen molar-refractivity contribution in [2.24, 2.45) is 5.10 Å². The molecule has 0 spiro atoms. The first-order valence-corrected chi connectivity index (χ1v) is 7.00. The highest BCUT2D eigenvalue weighted by molar-refractivity contribution is 6.33. The van der Waals surface area contributed by atoms with Crippen LogP contribution in [0.25, 0.3) is 0 Å². The van der Waals surface area contributed by atoms with E-state index in [1.807, 2.05) is 0 Å². The van der Waals surface area contributed by atoms with Crippen molar-refractivity contribution in [3.05, 3.63) is 64.7 Å². The molecule has 1 N–H and O–H groups in total. The van der Waals surface area contributed by atoms with E-state index in [9.17, 15) is 13.6 Å². The summed E-state index contributed by atoms with van der Waals surface area (Å²) in [5.41, 5.74) is 3.28. The molecule has 0 aliphatic carbocycles. The first kappa shape index (κ1) is 16.9. The Labute approximate surface area is 136 Å². The molecular weight excluding hydrogens is 326 g/mol. The van der Waals surface area contributed by atoms with E-state index < -0.39 is 12.5 Å². The minimum Gasteiger partial charge on any atom is -0.434 e. The second-order valence-corrected chi connectivity index (χ2v) is 4.90. The van der Waals surface area contributed by atoms with E-state index >= 15 is 0 Å². The summed E-state index contributed by atoms with van der Waals surface area (Å²) in [7, 11) is 0. The fourth-order valence-corrected chi connectivity index (χ4v) is 2.09. The van der Waals surface area contributed by atoms with E-state index in [4.69, 9.17) is 11.6 Å². The molecule has 120 valence electrons. The van der Waals surface area contributed by atoms with Crippen molar-refractivity contribution in [3.63, 3.8) is 0 Å². The lowest BCUT2D eigenvalue weighted by atomic mass is 10.1. The van der Waals surface area contributed by atoms with Crippen LogP contribution >= 0.6 is 11.6 Å². The zero-order valence-electron chi connectivity index (χ0n) is 12.1. The maximum absolute atomic E-state index is 12.4. The maximum atomic E-state index is 12.4. The number of carbonyl (C=O) groups excluding carboxylic acids is 1. The monoisotopic (exact) mass is 338 g/mol. The number of halogens is 3. The lowest BCUT2D eigenvalue weighted by molar-refractivity contribution is -0.0499. The Morgan fingerprint density at radius 3 is 2.39 bits per heavy atom. The van der Waals surface area contributed by atoms with Gasteiger partial charge in [-0.15, -0.1) is 0 Å². The molecule has 0 saturated heterocycles. The number of ether oxygens (including phenoxy) is 1. The van der Waals surface area contributed by atoms with Gasteiger partial charge in [-0.1, -0.05) is 35.9 Å². The second kappa shape index (κ2) is 7.69. The largest absolute Gasteiger partial charge is 0.434 e. The highest BCUT2D eigenvalue weighted by Crippen LogP contribution is 2.21. The molecular formula is C16H13ClF2N2O2. The number of hydrogen-bond donors (Lipinski definition) is 1. The van der Waals surface area contributed by atoms with E-state index in [2.05, 4.69) is 15.3 Å². The summed E-state index contributed by atoms with van der Waals surface area (Å²) in [6.45, 7) is -1.37. The number of nitrogens with one attached hydrogen (secondary N) is 1. The molecule has 2 aromatic rings. The van der Waals surface area contributed by atoms with Crippen LogP contribution in [0, 0.1) is 0 Å². The standard InChI is InChI=1S/C16H13ClF2N2O2/c1-10(11-6-3-5-9-14(11)23-16(18)19)20-21-15(22)12-7-2-4-8-13(12)17/h2-9,16H,1H3,(H,21,22)/b20-10+. The summed E-state index contributed by atoms with van der Waals surface area (Å²) in [6, 6.07) is 12.7. The van der Waals surface area contributed by atoms with Gasteiger partial charge in [0.2, 0.25) is 0 Å². The van der Waals surface area contributed by atoms with Crippen LogP contribution in [-0.4, -0.2) is 18.2 Å². The van der Waals surface area contributed by atoms with Gasteiger partial charge in [0.1, 0.15) is 5.75 Å². The van der Waals surface area contributed by atoms with Crippen molar-refractivity contribution in [2.75, 3.05) is 0 Å². The van der Waals surface area contributed by atoms with Gasteiger partial charge >= 0.3 is 6.61 Å². The van der Waals surface area contributed by atoms with Crippen LogP contribution in [0.3, 0.4) is 0 Å². The fourth-order valence-electron chi connectivity index (χ4n) is 1.86. The number of hydrogen-bond acceptors (Lipinski definition) is 3. The molecule has 0 saturated carbocycles. The van der Waals surface area contributed by atoms with Crippen LogP contribution in [0.2, 0.25) is 5.02 Å². The zero-order valence-corrected chi connectivity index (χ0v) is 12.8. The van der Waals surface area contributed by atoms with Crippen LogP contribution in [0.5, 0.6) is 5.75 Å². The smallest absolute Gasteiger partial charge is 0.387 e. The molecule has 0 aliphatic rings. The van der Waals surface area contributed by atoms with Crippen LogP contribution in [0.15, 0.2) is 53.6 Å². The van der Waals surface area contributed by atoms with E-state index in [1.54, 1.807) is 49.4 Å². The minimum atomic E-state index is -2.94. The highest BCUT2D eigenvalue weighted by atomic mass is 35.5. The minimum absolute atomic E-state index is 0.0178. The summed E-state index contributed by atoms with van der Waals surface area (Å²) in [4.78, 5) is 12.0. The van der Waals surface area contributed by atoms with Gasteiger partial charge in [0.25, 0.3) is 5.91 Å². The molecule has 23 heavy (non-hydrogen) atoms. The fraction of sp³-hybridized carbons (Fsp3) is 0.125. The number of alkyl halides is 2. The molecule has 2 aromatic carbocycles. The van der Waals surface area contributed by atoms with Gasteiger partial charge in [-0.2, -0.15) is 13.9 Å². The summed E-state index contributed by atoms with van der Waals surface area (Å²) in [5, 5.41) is 4.20. The van der Waals surface area contributed by atoms with Crippen LogP contribution in [0.1, 0.15) is 22.8 Å². The van der Waals surface area contributed by atoms with Crippen LogP contribution in [0.4, 0.5) is 8.78 Å². The third-order valence-electron chi connectivity index (χ3n) is 2.94. The van der Waals surface area contributed by atoms with Crippen molar-refractivity contribution in [1.82, 2.24) is 5.43 Å². The molecule has 0 unspecified atom stereocenters. The maximum Gasteiger partial charge on any atom is 0.387 e. The number of carbonyl (C=O) groups is 1. The normalized spacial score (nSPS) is 11.4. The SMILES string of the molecule is C/C(=N\NC(=O)c1ccccc1Cl)c1ccccc1OC(F)F. The number of nitrogens with zero attached hydrogens (tertiary/aromatic N) is 1. The lowest BCUT2D eigenvalue weighted by Crippen LogP contribution is -2.20. The number of benzene rings is 2. The summed E-state index contributed by atoms with van der Waals surface area (Å²) >= 11 is 5.92. The molecule has 1 amide bonds. The van der Waals surface area contributed by atoms with Crippen molar-refractivity contribution >= 4 is 23.2 Å². The first-order chi connectivity index (χ1) is 11.0. The third kappa shape index (κ3) is 4.50. The molecule has 0 bridgehead atoms. The Morgan fingerprint density at radius 2 is 1.74 bits per heavy atom. The summed E-state index contributed by atoms with van der Waals surface area (Å²) in [5.74, 6) is -0.516. The van der Waals surface area contributed by atoms with Gasteiger partial charge < -0.3 is 4.74 Å². The van der Waals surface area contributed by atoms with Gasteiger partial charge in [0.05, 0.1) is 16.3 Å². The Bertz CT molecular complexity index is 736. The summed E-state index contributed by atoms with van der Waals surface area (Å²) in [6.07, 6.45) is 0. The molecule has 0 fully saturated rings. The van der Waals surface area contributed by atoms with E-state index in [1.165, 1.54) is 6.07 Å². The first-order valence-electron chi connectivity index (χ1n) is 6.62. The molecule has 0 aromatic heterocycles. The summed E-state index contributed by atoms with van der Waals surface area (Å²) < 4.78 is 29.2. The topological polar surface area (TPSA) is 50.7 Å². The van der Waals surface area contributed by atoms with Crippen molar-refractivity contribution in [3.8, 4) is 5.75 Å². The quantitative estimate of drug-likeness (QED) is 0.659. The van der Waals surface area contributed by atoms with E-state index in [0.29, 0.717) is 16.3 Å².